The lowest BCUT2D eigenvalue weighted by molar-refractivity contribution is -0.113. The van der Waals surface area contributed by atoms with Gasteiger partial charge in [-0.05, 0) is 18.2 Å². The first-order chi connectivity index (χ1) is 8.65. The summed E-state index contributed by atoms with van der Waals surface area (Å²) in [5, 5.41) is 2.66. The maximum atomic E-state index is 12.9. The summed E-state index contributed by atoms with van der Waals surface area (Å²) in [6, 6.07) is 4.09. The zero-order valence-electron chi connectivity index (χ0n) is 9.28. The van der Waals surface area contributed by atoms with Gasteiger partial charge < -0.3 is 5.32 Å². The molecule has 0 aliphatic carbocycles. The summed E-state index contributed by atoms with van der Waals surface area (Å²) >= 11 is 8.69. The number of carbonyl (C=O) groups excluding carboxylic acids is 1. The van der Waals surface area contributed by atoms with Crippen molar-refractivity contribution >= 4 is 51.1 Å². The Kier molecular flexibility index (Phi) is 4.91. The highest BCUT2D eigenvalue weighted by Crippen LogP contribution is 2.23. The number of hydrogen-bond acceptors (Lipinski definition) is 4. The van der Waals surface area contributed by atoms with Gasteiger partial charge in [0.15, 0.2) is 0 Å². The van der Waals surface area contributed by atoms with Gasteiger partial charge in [0.1, 0.15) is 10.2 Å². The van der Waals surface area contributed by atoms with E-state index in [-0.39, 0.29) is 10.9 Å². The standard InChI is InChI=1S/C11H10ClFN2OS2/c12-8-5-7(1-2-9(8)13)15-10(16)6-18-11-14-3-4-17-11/h1-2,5H,3-4,6H2,(H,15,16). The zero-order valence-corrected chi connectivity index (χ0v) is 11.7. The average Bonchev–Trinajstić information content (AvgIpc) is 2.84. The molecule has 7 heteroatoms. The summed E-state index contributed by atoms with van der Waals surface area (Å²) < 4.78 is 13.9. The third-order valence-corrected chi connectivity index (χ3v) is 4.63. The maximum Gasteiger partial charge on any atom is 0.234 e. The molecule has 96 valence electrons. The highest BCUT2D eigenvalue weighted by Gasteiger charge is 2.11. The number of nitrogens with one attached hydrogen (secondary N) is 1. The molecule has 0 atom stereocenters. The number of nitrogens with zero attached hydrogens (tertiary/aromatic N) is 1. The molecular formula is C11H10ClFN2OS2. The molecule has 1 aromatic rings. The summed E-state index contributed by atoms with van der Waals surface area (Å²) in [7, 11) is 0. The van der Waals surface area contributed by atoms with Crippen LogP contribution in [0.5, 0.6) is 0 Å². The van der Waals surface area contributed by atoms with E-state index in [4.69, 9.17) is 11.6 Å². The molecule has 0 aromatic heterocycles. The summed E-state index contributed by atoms with van der Waals surface area (Å²) in [6.07, 6.45) is 0. The van der Waals surface area contributed by atoms with Gasteiger partial charge in [-0.1, -0.05) is 35.1 Å². The Morgan fingerprint density at radius 1 is 1.61 bits per heavy atom. The van der Waals surface area contributed by atoms with Gasteiger partial charge in [0, 0.05) is 11.4 Å². The topological polar surface area (TPSA) is 41.5 Å². The molecule has 0 unspecified atom stereocenters. The molecule has 0 saturated carbocycles. The van der Waals surface area contributed by atoms with Gasteiger partial charge in [-0.15, -0.1) is 0 Å². The lowest BCUT2D eigenvalue weighted by Crippen LogP contribution is -2.14. The van der Waals surface area contributed by atoms with Crippen molar-refractivity contribution in [3.8, 4) is 0 Å². The fourth-order valence-corrected chi connectivity index (χ4v) is 3.29. The molecule has 1 heterocycles. The maximum absolute atomic E-state index is 12.9. The molecule has 0 spiro atoms. The van der Waals surface area contributed by atoms with Crippen molar-refractivity contribution in [1.82, 2.24) is 0 Å². The molecule has 0 saturated heterocycles. The van der Waals surface area contributed by atoms with E-state index < -0.39 is 5.82 Å². The molecule has 0 bridgehead atoms. The van der Waals surface area contributed by atoms with E-state index >= 15 is 0 Å². The fraction of sp³-hybridized carbons (Fsp3) is 0.273. The lowest BCUT2D eigenvalue weighted by Gasteiger charge is -2.05. The van der Waals surface area contributed by atoms with Crippen molar-refractivity contribution in [2.45, 2.75) is 0 Å². The number of benzene rings is 1. The first-order valence-electron chi connectivity index (χ1n) is 5.20. The van der Waals surface area contributed by atoms with Crippen LogP contribution in [0.4, 0.5) is 10.1 Å². The molecule has 1 N–H and O–H groups in total. The van der Waals surface area contributed by atoms with Crippen molar-refractivity contribution < 1.29 is 9.18 Å². The molecule has 0 fully saturated rings. The van der Waals surface area contributed by atoms with Crippen LogP contribution in [0.15, 0.2) is 23.2 Å². The molecule has 0 radical (unpaired) electrons. The Hall–Kier alpha value is -0.720. The quantitative estimate of drug-likeness (QED) is 0.932. The number of thioether (sulfide) groups is 2. The van der Waals surface area contributed by atoms with E-state index in [0.717, 1.165) is 16.7 Å². The number of aliphatic imine (C=N–C) groups is 1. The number of carbonyl (C=O) groups is 1. The van der Waals surface area contributed by atoms with E-state index in [1.165, 1.54) is 30.0 Å². The summed E-state index contributed by atoms with van der Waals surface area (Å²) in [4.78, 5) is 15.9. The van der Waals surface area contributed by atoms with Gasteiger partial charge in [0.05, 0.1) is 17.3 Å². The van der Waals surface area contributed by atoms with Crippen LogP contribution in [0.3, 0.4) is 0 Å². The van der Waals surface area contributed by atoms with Crippen LogP contribution >= 0.6 is 35.1 Å². The van der Waals surface area contributed by atoms with E-state index in [2.05, 4.69) is 10.3 Å². The normalized spacial score (nSPS) is 14.4. The number of rotatable bonds is 3. The Labute approximate surface area is 118 Å². The molecule has 3 nitrogen and oxygen atoms in total. The van der Waals surface area contributed by atoms with E-state index in [9.17, 15) is 9.18 Å². The number of halogens is 2. The highest BCUT2D eigenvalue weighted by atomic mass is 35.5. The van der Waals surface area contributed by atoms with Crippen LogP contribution in [-0.2, 0) is 4.79 Å². The Morgan fingerprint density at radius 2 is 2.44 bits per heavy atom. The molecular weight excluding hydrogens is 295 g/mol. The van der Waals surface area contributed by atoms with Crippen molar-refractivity contribution in [3.63, 3.8) is 0 Å². The largest absolute Gasteiger partial charge is 0.325 e. The van der Waals surface area contributed by atoms with Crippen LogP contribution in [0.25, 0.3) is 0 Å². The Morgan fingerprint density at radius 3 is 3.11 bits per heavy atom. The lowest BCUT2D eigenvalue weighted by atomic mass is 10.3. The first kappa shape index (κ1) is 13.7. The summed E-state index contributed by atoms with van der Waals surface area (Å²) in [6.45, 7) is 0.822. The second-order valence-corrected chi connectivity index (χ2v) is 6.18. The summed E-state index contributed by atoms with van der Waals surface area (Å²) in [5.74, 6) is 0.622. The van der Waals surface area contributed by atoms with Gasteiger partial charge in [-0.2, -0.15) is 0 Å². The SMILES string of the molecule is O=C(CSC1=NCCS1)Nc1ccc(F)c(Cl)c1. The van der Waals surface area contributed by atoms with Gasteiger partial charge in [-0.25, -0.2) is 4.39 Å². The van der Waals surface area contributed by atoms with Crippen molar-refractivity contribution in [2.24, 2.45) is 4.99 Å². The minimum Gasteiger partial charge on any atom is -0.325 e. The van der Waals surface area contributed by atoms with Crippen LogP contribution in [0.1, 0.15) is 0 Å². The predicted molar refractivity (Wildman–Crippen MR) is 77.3 cm³/mol. The molecule has 1 aliphatic rings. The minimum atomic E-state index is -0.499. The minimum absolute atomic E-state index is 0.00354. The molecule has 18 heavy (non-hydrogen) atoms. The Bertz CT molecular complexity index is 496. The van der Waals surface area contributed by atoms with Crippen LogP contribution < -0.4 is 5.32 Å². The van der Waals surface area contributed by atoms with Crippen LogP contribution in [-0.4, -0.2) is 28.3 Å². The van der Waals surface area contributed by atoms with Gasteiger partial charge in [0.25, 0.3) is 0 Å². The van der Waals surface area contributed by atoms with Crippen LogP contribution in [0.2, 0.25) is 5.02 Å². The van der Waals surface area contributed by atoms with Crippen molar-refractivity contribution in [1.29, 1.82) is 0 Å². The van der Waals surface area contributed by atoms with Gasteiger partial charge in [-0.3, -0.25) is 9.79 Å². The monoisotopic (exact) mass is 304 g/mol. The molecule has 1 aromatic carbocycles. The van der Waals surface area contributed by atoms with E-state index in [0.29, 0.717) is 11.4 Å². The third kappa shape index (κ3) is 3.90. The van der Waals surface area contributed by atoms with Crippen molar-refractivity contribution in [2.75, 3.05) is 23.4 Å². The van der Waals surface area contributed by atoms with E-state index in [1.54, 1.807) is 11.8 Å². The Balaban J connectivity index is 1.84. The molecule has 2 rings (SSSR count). The third-order valence-electron chi connectivity index (χ3n) is 2.09. The van der Waals surface area contributed by atoms with Crippen molar-refractivity contribution in [3.05, 3.63) is 29.0 Å². The number of amides is 1. The molecule has 1 aliphatic heterocycles. The van der Waals surface area contributed by atoms with Gasteiger partial charge >= 0.3 is 0 Å². The summed E-state index contributed by atoms with van der Waals surface area (Å²) in [5.41, 5.74) is 0.494. The van der Waals surface area contributed by atoms with Crippen LogP contribution in [0, 0.1) is 5.82 Å². The average molecular weight is 305 g/mol. The van der Waals surface area contributed by atoms with Gasteiger partial charge in [0.2, 0.25) is 5.91 Å². The number of hydrogen-bond donors (Lipinski definition) is 1. The first-order valence-corrected chi connectivity index (χ1v) is 7.55. The smallest absolute Gasteiger partial charge is 0.234 e. The molecule has 1 amide bonds. The number of anilines is 1. The zero-order chi connectivity index (χ0) is 13.0. The second-order valence-electron chi connectivity index (χ2n) is 3.46. The predicted octanol–water partition coefficient (Wildman–Crippen LogP) is 3.25. The fourth-order valence-electron chi connectivity index (χ4n) is 1.30. The van der Waals surface area contributed by atoms with E-state index in [1.807, 2.05) is 0 Å². The second kappa shape index (κ2) is 6.45. The highest BCUT2D eigenvalue weighted by molar-refractivity contribution is 8.39.